The van der Waals surface area contributed by atoms with Gasteiger partial charge in [0.1, 0.15) is 17.4 Å². The normalized spacial score (nSPS) is 20.4. The number of aryl methyl sites for hydroxylation is 1. The van der Waals surface area contributed by atoms with Crippen molar-refractivity contribution in [1.29, 1.82) is 0 Å². The van der Waals surface area contributed by atoms with E-state index in [1.807, 2.05) is 19.2 Å². The van der Waals surface area contributed by atoms with Gasteiger partial charge >= 0.3 is 0 Å². The van der Waals surface area contributed by atoms with E-state index in [2.05, 4.69) is 78.7 Å². The van der Waals surface area contributed by atoms with E-state index in [9.17, 15) is 0 Å². The van der Waals surface area contributed by atoms with Crippen LogP contribution in [0.5, 0.6) is 5.75 Å². The molecule has 7 heterocycles. The second-order valence-electron chi connectivity index (χ2n) is 11.2. The molecule has 0 amide bonds. The molecule has 2 unspecified atom stereocenters. The fourth-order valence-corrected chi connectivity index (χ4v) is 6.30. The minimum Gasteiger partial charge on any atom is -0.497 e. The number of fused-ring (bicyclic) bond motifs is 2. The Kier molecular flexibility index (Phi) is 6.51. The number of nitrogens with one attached hydrogen (secondary N) is 2. The van der Waals surface area contributed by atoms with Crippen LogP contribution < -0.4 is 19.9 Å². The Morgan fingerprint density at radius 1 is 0.950 bits per heavy atom. The second kappa shape index (κ2) is 10.5. The SMILES string of the molecule is COc1ccc(CN2C3CC2CN(c2ccc(-c4cc(N5CCCC5)cc(Nc5cc(C)[nH]n5)n4)cn2)C3)cc1. The van der Waals surface area contributed by atoms with Crippen molar-refractivity contribution in [3.8, 4) is 17.0 Å². The van der Waals surface area contributed by atoms with Gasteiger partial charge in [-0.25, -0.2) is 9.97 Å². The molecule has 2 bridgehead atoms. The maximum atomic E-state index is 5.31. The van der Waals surface area contributed by atoms with Gasteiger partial charge in [-0.15, -0.1) is 0 Å². The average Bonchev–Trinajstić information content (AvgIpc) is 3.68. The van der Waals surface area contributed by atoms with Crippen molar-refractivity contribution in [2.24, 2.45) is 0 Å². The molecule has 4 aliphatic heterocycles. The number of piperazine rings is 1. The quantitative estimate of drug-likeness (QED) is 0.326. The highest BCUT2D eigenvalue weighted by Gasteiger charge is 2.44. The van der Waals surface area contributed by atoms with E-state index in [4.69, 9.17) is 14.7 Å². The van der Waals surface area contributed by atoms with Gasteiger partial charge in [0.05, 0.1) is 12.8 Å². The Bertz CT molecular complexity index is 1450. The number of pyridine rings is 2. The van der Waals surface area contributed by atoms with Gasteiger partial charge in [-0.1, -0.05) is 12.1 Å². The van der Waals surface area contributed by atoms with E-state index >= 15 is 0 Å². The molecule has 206 valence electrons. The van der Waals surface area contributed by atoms with Crippen LogP contribution in [0.2, 0.25) is 0 Å². The first-order chi connectivity index (χ1) is 19.6. The van der Waals surface area contributed by atoms with Crippen LogP contribution in [0.4, 0.5) is 23.1 Å². The highest BCUT2D eigenvalue weighted by Crippen LogP contribution is 2.36. The fourth-order valence-electron chi connectivity index (χ4n) is 6.30. The van der Waals surface area contributed by atoms with Crippen LogP contribution in [0.25, 0.3) is 11.3 Å². The number of benzene rings is 1. The van der Waals surface area contributed by atoms with Crippen LogP contribution >= 0.6 is 0 Å². The van der Waals surface area contributed by atoms with E-state index in [0.717, 1.165) is 72.9 Å². The third kappa shape index (κ3) is 4.97. The number of hydrogen-bond donors (Lipinski definition) is 2. The molecule has 0 spiro atoms. The summed E-state index contributed by atoms with van der Waals surface area (Å²) in [4.78, 5) is 17.4. The summed E-state index contributed by atoms with van der Waals surface area (Å²) in [7, 11) is 1.71. The van der Waals surface area contributed by atoms with Crippen molar-refractivity contribution in [3.05, 3.63) is 72.1 Å². The lowest BCUT2D eigenvalue weighted by molar-refractivity contribution is -0.00868. The lowest BCUT2D eigenvalue weighted by Gasteiger charge is -2.56. The minimum atomic E-state index is 0.570. The molecule has 3 aromatic heterocycles. The largest absolute Gasteiger partial charge is 0.497 e. The average molecular weight is 537 g/mol. The van der Waals surface area contributed by atoms with Crippen molar-refractivity contribution in [3.63, 3.8) is 0 Å². The lowest BCUT2D eigenvalue weighted by Crippen LogP contribution is -2.68. The van der Waals surface area contributed by atoms with Crippen LogP contribution in [0.1, 0.15) is 30.5 Å². The smallest absolute Gasteiger partial charge is 0.153 e. The molecular formula is C31H36N8O. The molecule has 4 aromatic rings. The summed E-state index contributed by atoms with van der Waals surface area (Å²) in [6.07, 6.45) is 5.70. The first-order valence-electron chi connectivity index (χ1n) is 14.3. The van der Waals surface area contributed by atoms with E-state index in [-0.39, 0.29) is 0 Å². The number of piperidine rings is 1. The zero-order chi connectivity index (χ0) is 27.1. The van der Waals surface area contributed by atoms with Crippen LogP contribution in [0, 0.1) is 6.92 Å². The Morgan fingerprint density at radius 2 is 1.75 bits per heavy atom. The Morgan fingerprint density at radius 3 is 2.42 bits per heavy atom. The van der Waals surface area contributed by atoms with Gasteiger partial charge in [-0.3, -0.25) is 10.00 Å². The van der Waals surface area contributed by atoms with Crippen molar-refractivity contribution >= 4 is 23.1 Å². The predicted molar refractivity (Wildman–Crippen MR) is 158 cm³/mol. The van der Waals surface area contributed by atoms with Gasteiger partial charge in [-0.2, -0.15) is 5.10 Å². The number of aromatic nitrogens is 4. The molecule has 40 heavy (non-hydrogen) atoms. The first kappa shape index (κ1) is 24.9. The lowest BCUT2D eigenvalue weighted by atomic mass is 9.86. The predicted octanol–water partition coefficient (Wildman–Crippen LogP) is 4.99. The summed E-state index contributed by atoms with van der Waals surface area (Å²) < 4.78 is 5.31. The number of H-pyrrole nitrogens is 1. The van der Waals surface area contributed by atoms with Crippen molar-refractivity contribution in [2.45, 2.75) is 44.8 Å². The Hall–Kier alpha value is -4.11. The highest BCUT2D eigenvalue weighted by molar-refractivity contribution is 5.70. The van der Waals surface area contributed by atoms with Crippen LogP contribution in [0.3, 0.4) is 0 Å². The second-order valence-corrected chi connectivity index (χ2v) is 11.2. The van der Waals surface area contributed by atoms with Gasteiger partial charge in [0.15, 0.2) is 5.82 Å². The molecule has 4 aliphatic rings. The zero-order valence-electron chi connectivity index (χ0n) is 23.2. The maximum absolute atomic E-state index is 5.31. The van der Waals surface area contributed by atoms with Crippen LogP contribution in [-0.2, 0) is 6.54 Å². The fraction of sp³-hybridized carbons (Fsp3) is 0.387. The minimum absolute atomic E-state index is 0.570. The third-order valence-electron chi connectivity index (χ3n) is 8.48. The first-order valence-corrected chi connectivity index (χ1v) is 14.3. The van der Waals surface area contributed by atoms with Gasteiger partial charge in [0.2, 0.25) is 0 Å². The molecule has 4 fully saturated rings. The number of nitrogens with zero attached hydrogens (tertiary/aromatic N) is 6. The zero-order valence-corrected chi connectivity index (χ0v) is 23.2. The topological polar surface area (TPSA) is 85.4 Å². The molecule has 8 rings (SSSR count). The van der Waals surface area contributed by atoms with Gasteiger partial charge in [0, 0.05) is 80.1 Å². The number of hydrogen-bond acceptors (Lipinski definition) is 8. The Labute approximate surface area is 235 Å². The third-order valence-corrected chi connectivity index (χ3v) is 8.48. The van der Waals surface area contributed by atoms with Crippen molar-refractivity contribution in [1.82, 2.24) is 25.1 Å². The molecule has 2 N–H and O–H groups in total. The summed E-state index contributed by atoms with van der Waals surface area (Å²) in [5.74, 6) is 3.52. The van der Waals surface area contributed by atoms with Gasteiger partial charge in [-0.05, 0) is 62.1 Å². The molecule has 9 heteroatoms. The molecule has 0 aliphatic carbocycles. The van der Waals surface area contributed by atoms with Gasteiger partial charge < -0.3 is 19.9 Å². The van der Waals surface area contributed by atoms with E-state index in [0.29, 0.717) is 12.1 Å². The standard InChI is InChI=1S/C31H36N8O/c1-21-13-30(36-35-21)34-29-16-24(37-11-3-4-12-37)15-28(33-29)23-7-10-31(32-17-23)38-19-25-14-26(20-38)39(25)18-22-5-8-27(40-2)9-6-22/h5-10,13,15-17,25-26H,3-4,11-12,14,18-20H2,1-2H3,(H2,33,34,35,36). The maximum Gasteiger partial charge on any atom is 0.153 e. The number of ether oxygens (including phenoxy) is 1. The number of aromatic amines is 1. The molecule has 0 saturated carbocycles. The summed E-state index contributed by atoms with van der Waals surface area (Å²) in [6, 6.07) is 20.2. The number of anilines is 4. The van der Waals surface area contributed by atoms with E-state index < -0.39 is 0 Å². The van der Waals surface area contributed by atoms with E-state index in [1.54, 1.807) is 7.11 Å². The highest BCUT2D eigenvalue weighted by atomic mass is 16.5. The van der Waals surface area contributed by atoms with Gasteiger partial charge in [0.25, 0.3) is 0 Å². The molecule has 2 atom stereocenters. The molecule has 4 saturated heterocycles. The molecule has 0 radical (unpaired) electrons. The Balaban J connectivity index is 1.06. The summed E-state index contributed by atoms with van der Waals surface area (Å²) >= 11 is 0. The number of rotatable bonds is 8. The number of methoxy groups -OCH3 is 1. The summed E-state index contributed by atoms with van der Waals surface area (Å²) in [6.45, 7) is 7.17. The van der Waals surface area contributed by atoms with Crippen LogP contribution in [-0.4, -0.2) is 70.4 Å². The monoisotopic (exact) mass is 536 g/mol. The summed E-state index contributed by atoms with van der Waals surface area (Å²) in [5.41, 5.74) is 5.48. The summed E-state index contributed by atoms with van der Waals surface area (Å²) in [5, 5.41) is 10.7. The van der Waals surface area contributed by atoms with Crippen LogP contribution in [0.15, 0.2) is 60.8 Å². The molecule has 9 nitrogen and oxygen atoms in total. The molecule has 1 aromatic carbocycles. The molecular weight excluding hydrogens is 500 g/mol. The van der Waals surface area contributed by atoms with Crippen molar-refractivity contribution in [2.75, 3.05) is 48.4 Å². The van der Waals surface area contributed by atoms with E-state index in [1.165, 1.54) is 30.5 Å². The van der Waals surface area contributed by atoms with Crippen molar-refractivity contribution < 1.29 is 4.74 Å².